The molecule has 0 N–H and O–H groups in total. The van der Waals surface area contributed by atoms with Crippen LogP contribution in [-0.2, 0) is 6.54 Å². The molecule has 86 valence electrons. The van der Waals surface area contributed by atoms with E-state index in [1.807, 2.05) is 30.5 Å². The number of aryl methyl sites for hydroxylation is 1. The quantitative estimate of drug-likeness (QED) is 0.697. The van der Waals surface area contributed by atoms with Crippen molar-refractivity contribution in [1.82, 2.24) is 9.72 Å². The average molecular weight is 246 g/mol. The summed E-state index contributed by atoms with van der Waals surface area (Å²) in [6.45, 7) is 2.28. The topological polar surface area (TPSA) is 48.0 Å². The van der Waals surface area contributed by atoms with Gasteiger partial charge in [0.05, 0.1) is 17.6 Å². The first-order valence-electron chi connectivity index (χ1n) is 5.23. The zero-order chi connectivity index (χ0) is 11.8. The number of rotatable bonds is 2. The first-order valence-corrected chi connectivity index (χ1v) is 6.11. The summed E-state index contributed by atoms with van der Waals surface area (Å²) in [6.07, 6.45) is 1.79. The van der Waals surface area contributed by atoms with Crippen LogP contribution in [0, 0.1) is 6.92 Å². The van der Waals surface area contributed by atoms with Crippen LogP contribution >= 0.6 is 11.3 Å². The SMILES string of the molecule is Cc1cc(Cn2ccc3sccc3c2=O)on1. The van der Waals surface area contributed by atoms with E-state index < -0.39 is 0 Å². The highest BCUT2D eigenvalue weighted by atomic mass is 32.1. The Morgan fingerprint density at radius 2 is 2.35 bits per heavy atom. The highest BCUT2D eigenvalue weighted by Gasteiger charge is 2.06. The van der Waals surface area contributed by atoms with Gasteiger partial charge in [0, 0.05) is 17.0 Å². The zero-order valence-corrected chi connectivity index (χ0v) is 10.0. The highest BCUT2D eigenvalue weighted by molar-refractivity contribution is 7.17. The van der Waals surface area contributed by atoms with Crippen LogP contribution in [-0.4, -0.2) is 9.72 Å². The summed E-state index contributed by atoms with van der Waals surface area (Å²) in [4.78, 5) is 12.1. The second-order valence-electron chi connectivity index (χ2n) is 3.88. The maximum absolute atomic E-state index is 12.1. The van der Waals surface area contributed by atoms with Gasteiger partial charge in [0.15, 0.2) is 5.76 Å². The number of hydrogen-bond acceptors (Lipinski definition) is 4. The molecule has 0 saturated heterocycles. The number of thiophene rings is 1. The molecular weight excluding hydrogens is 236 g/mol. The maximum atomic E-state index is 12.1. The lowest BCUT2D eigenvalue weighted by Crippen LogP contribution is -2.19. The monoisotopic (exact) mass is 246 g/mol. The smallest absolute Gasteiger partial charge is 0.259 e. The van der Waals surface area contributed by atoms with Crippen LogP contribution in [0.1, 0.15) is 11.5 Å². The van der Waals surface area contributed by atoms with E-state index >= 15 is 0 Å². The van der Waals surface area contributed by atoms with E-state index in [0.717, 1.165) is 15.8 Å². The van der Waals surface area contributed by atoms with E-state index in [-0.39, 0.29) is 5.56 Å². The molecule has 3 heterocycles. The van der Waals surface area contributed by atoms with E-state index in [1.165, 1.54) is 0 Å². The molecule has 5 heteroatoms. The normalized spacial score (nSPS) is 11.1. The molecule has 0 atom stereocenters. The minimum Gasteiger partial charge on any atom is -0.359 e. The Balaban J connectivity index is 2.06. The van der Waals surface area contributed by atoms with Crippen LogP contribution < -0.4 is 5.56 Å². The number of pyridine rings is 1. The molecule has 0 bridgehead atoms. The second kappa shape index (κ2) is 3.85. The first-order chi connectivity index (χ1) is 8.24. The standard InChI is InChI=1S/C12H10N2O2S/c1-8-6-9(16-13-8)7-14-4-2-11-10(12(14)15)3-5-17-11/h2-6H,7H2,1H3. The molecule has 0 fully saturated rings. The Bertz CT molecular complexity index is 723. The van der Waals surface area contributed by atoms with Gasteiger partial charge in [0.1, 0.15) is 0 Å². The summed E-state index contributed by atoms with van der Waals surface area (Å²) in [7, 11) is 0. The Kier molecular flexibility index (Phi) is 2.33. The van der Waals surface area contributed by atoms with Crippen molar-refractivity contribution in [2.45, 2.75) is 13.5 Å². The number of aromatic nitrogens is 2. The van der Waals surface area contributed by atoms with Crippen molar-refractivity contribution < 1.29 is 4.52 Å². The molecule has 0 radical (unpaired) electrons. The minimum atomic E-state index is 0.0119. The van der Waals surface area contributed by atoms with Gasteiger partial charge in [-0.05, 0) is 24.4 Å². The summed E-state index contributed by atoms with van der Waals surface area (Å²) in [5.41, 5.74) is 0.836. The van der Waals surface area contributed by atoms with Gasteiger partial charge in [-0.3, -0.25) is 4.79 Å². The van der Waals surface area contributed by atoms with E-state index in [4.69, 9.17) is 4.52 Å². The van der Waals surface area contributed by atoms with Gasteiger partial charge in [-0.1, -0.05) is 5.16 Å². The van der Waals surface area contributed by atoms with Gasteiger partial charge in [0.2, 0.25) is 0 Å². The van der Waals surface area contributed by atoms with Gasteiger partial charge in [-0.25, -0.2) is 0 Å². The number of fused-ring (bicyclic) bond motifs is 1. The molecule has 0 unspecified atom stereocenters. The Hall–Kier alpha value is -1.88. The molecule has 3 aromatic rings. The molecule has 0 aromatic carbocycles. The van der Waals surface area contributed by atoms with Crippen LogP contribution in [0.2, 0.25) is 0 Å². The van der Waals surface area contributed by atoms with Crippen molar-refractivity contribution in [3.05, 3.63) is 51.6 Å². The molecule has 0 spiro atoms. The van der Waals surface area contributed by atoms with Crippen LogP contribution in [0.5, 0.6) is 0 Å². The van der Waals surface area contributed by atoms with Crippen LogP contribution in [0.25, 0.3) is 10.1 Å². The van der Waals surface area contributed by atoms with Gasteiger partial charge >= 0.3 is 0 Å². The van der Waals surface area contributed by atoms with E-state index in [9.17, 15) is 4.79 Å². The molecule has 4 nitrogen and oxygen atoms in total. The molecule has 0 saturated carbocycles. The van der Waals surface area contributed by atoms with Crippen molar-refractivity contribution in [1.29, 1.82) is 0 Å². The molecule has 3 aromatic heterocycles. The first kappa shape index (κ1) is 10.3. The van der Waals surface area contributed by atoms with Crippen molar-refractivity contribution in [3.8, 4) is 0 Å². The predicted molar refractivity (Wildman–Crippen MR) is 66.4 cm³/mol. The minimum absolute atomic E-state index is 0.0119. The third-order valence-electron chi connectivity index (χ3n) is 2.60. The summed E-state index contributed by atoms with van der Waals surface area (Å²) < 4.78 is 7.76. The van der Waals surface area contributed by atoms with Gasteiger partial charge < -0.3 is 9.09 Å². The fraction of sp³-hybridized carbons (Fsp3) is 0.167. The van der Waals surface area contributed by atoms with Crippen LogP contribution in [0.15, 0.2) is 39.1 Å². The van der Waals surface area contributed by atoms with Crippen molar-refractivity contribution in [2.75, 3.05) is 0 Å². The van der Waals surface area contributed by atoms with E-state index in [0.29, 0.717) is 12.3 Å². The largest absolute Gasteiger partial charge is 0.359 e. The Labute approximate surface area is 101 Å². The van der Waals surface area contributed by atoms with Crippen LogP contribution in [0.3, 0.4) is 0 Å². The molecule has 0 amide bonds. The van der Waals surface area contributed by atoms with Gasteiger partial charge in [0.25, 0.3) is 5.56 Å². The summed E-state index contributed by atoms with van der Waals surface area (Å²) in [5.74, 6) is 0.694. The molecule has 0 aliphatic rings. The molecular formula is C12H10N2O2S. The lowest BCUT2D eigenvalue weighted by molar-refractivity contribution is 0.372. The number of nitrogens with zero attached hydrogens (tertiary/aromatic N) is 2. The summed E-state index contributed by atoms with van der Waals surface area (Å²) >= 11 is 1.57. The lowest BCUT2D eigenvalue weighted by atomic mass is 10.3. The van der Waals surface area contributed by atoms with E-state index in [1.54, 1.807) is 22.1 Å². The van der Waals surface area contributed by atoms with E-state index in [2.05, 4.69) is 5.16 Å². The Morgan fingerprint density at radius 3 is 3.12 bits per heavy atom. The second-order valence-corrected chi connectivity index (χ2v) is 4.83. The third-order valence-corrected chi connectivity index (χ3v) is 3.48. The van der Waals surface area contributed by atoms with Gasteiger partial charge in [-0.2, -0.15) is 0 Å². The molecule has 3 rings (SSSR count). The average Bonchev–Trinajstić information content (AvgIpc) is 2.92. The van der Waals surface area contributed by atoms with Crippen LogP contribution in [0.4, 0.5) is 0 Å². The predicted octanol–water partition coefficient (Wildman–Crippen LogP) is 2.41. The van der Waals surface area contributed by atoms with Crippen molar-refractivity contribution in [3.63, 3.8) is 0 Å². The van der Waals surface area contributed by atoms with Gasteiger partial charge in [-0.15, -0.1) is 11.3 Å². The molecule has 0 aliphatic heterocycles. The van der Waals surface area contributed by atoms with Crippen molar-refractivity contribution >= 4 is 21.4 Å². The fourth-order valence-corrected chi connectivity index (χ4v) is 2.56. The highest BCUT2D eigenvalue weighted by Crippen LogP contribution is 2.16. The Morgan fingerprint density at radius 1 is 1.47 bits per heavy atom. The zero-order valence-electron chi connectivity index (χ0n) is 9.21. The maximum Gasteiger partial charge on any atom is 0.259 e. The molecule has 17 heavy (non-hydrogen) atoms. The number of hydrogen-bond donors (Lipinski definition) is 0. The fourth-order valence-electron chi connectivity index (χ4n) is 1.79. The third kappa shape index (κ3) is 1.78. The molecule has 0 aliphatic carbocycles. The summed E-state index contributed by atoms with van der Waals surface area (Å²) in [5, 5.41) is 6.49. The lowest BCUT2D eigenvalue weighted by Gasteiger charge is -2.01. The summed E-state index contributed by atoms with van der Waals surface area (Å²) in [6, 6.07) is 5.64. The van der Waals surface area contributed by atoms with Crippen molar-refractivity contribution in [2.24, 2.45) is 0 Å².